The highest BCUT2D eigenvalue weighted by Crippen LogP contribution is 2.34. The van der Waals surface area contributed by atoms with Gasteiger partial charge in [0, 0.05) is 17.2 Å². The molecule has 0 spiro atoms. The maximum atomic E-state index is 12.3. The van der Waals surface area contributed by atoms with E-state index in [1.807, 2.05) is 36.4 Å². The van der Waals surface area contributed by atoms with E-state index >= 15 is 0 Å². The molecule has 26 heavy (non-hydrogen) atoms. The Morgan fingerprint density at radius 1 is 1.19 bits per heavy atom. The third kappa shape index (κ3) is 4.92. The summed E-state index contributed by atoms with van der Waals surface area (Å²) >= 11 is 1.62. The zero-order chi connectivity index (χ0) is 18.4. The molecule has 7 heteroatoms. The van der Waals surface area contributed by atoms with E-state index in [1.165, 1.54) is 0 Å². The van der Waals surface area contributed by atoms with E-state index in [4.69, 9.17) is 14.6 Å². The van der Waals surface area contributed by atoms with Crippen LogP contribution in [0.4, 0.5) is 0 Å². The molecule has 2 aromatic rings. The lowest BCUT2D eigenvalue weighted by atomic mass is 10.1. The number of carboxylic acids is 1. The first-order chi connectivity index (χ1) is 12.6. The van der Waals surface area contributed by atoms with E-state index in [1.54, 1.807) is 23.9 Å². The molecular formula is C19H19NO5S. The number of nitrogens with one attached hydrogen (secondary N) is 1. The second-order valence-electron chi connectivity index (χ2n) is 5.73. The Kier molecular flexibility index (Phi) is 6.01. The van der Waals surface area contributed by atoms with Gasteiger partial charge in [-0.05, 0) is 36.2 Å². The van der Waals surface area contributed by atoms with Crippen molar-refractivity contribution in [1.82, 2.24) is 5.32 Å². The largest absolute Gasteiger partial charge is 0.482 e. The van der Waals surface area contributed by atoms with Crippen molar-refractivity contribution in [2.24, 2.45) is 0 Å². The average Bonchev–Trinajstić information content (AvgIpc) is 2.67. The molecule has 1 aliphatic rings. The molecule has 3 rings (SSSR count). The van der Waals surface area contributed by atoms with Crippen LogP contribution in [0.1, 0.15) is 5.56 Å². The summed E-state index contributed by atoms with van der Waals surface area (Å²) in [4.78, 5) is 23.8. The molecule has 0 saturated heterocycles. The zero-order valence-corrected chi connectivity index (χ0v) is 14.8. The van der Waals surface area contributed by atoms with Gasteiger partial charge in [0.05, 0.1) is 0 Å². The smallest absolute Gasteiger partial charge is 0.341 e. The Hall–Kier alpha value is -2.67. The van der Waals surface area contributed by atoms with Gasteiger partial charge in [0.15, 0.2) is 12.7 Å². The number of thioether (sulfide) groups is 1. The molecule has 1 amide bonds. The highest BCUT2D eigenvalue weighted by Gasteiger charge is 2.26. The van der Waals surface area contributed by atoms with Crippen molar-refractivity contribution in [2.75, 3.05) is 18.9 Å². The minimum Gasteiger partial charge on any atom is -0.482 e. The number of carboxylic acid groups (broad SMARTS) is 1. The van der Waals surface area contributed by atoms with Crippen molar-refractivity contribution < 1.29 is 24.2 Å². The fraction of sp³-hybridized carbons (Fsp3) is 0.263. The third-order valence-electron chi connectivity index (χ3n) is 3.80. The first-order valence-electron chi connectivity index (χ1n) is 8.21. The number of hydrogen-bond acceptors (Lipinski definition) is 5. The minimum absolute atomic E-state index is 0.117. The molecule has 2 N–H and O–H groups in total. The monoisotopic (exact) mass is 373 g/mol. The third-order valence-corrected chi connectivity index (χ3v) is 4.92. The SMILES string of the molecule is O=C(O)COc1ccc(CCNC(=O)[C@H]2CSc3ccccc3O2)cc1. The van der Waals surface area contributed by atoms with E-state index in [0.29, 0.717) is 24.5 Å². The Balaban J connectivity index is 1.43. The van der Waals surface area contributed by atoms with Gasteiger partial charge in [0.1, 0.15) is 11.5 Å². The molecule has 0 radical (unpaired) electrons. The van der Waals surface area contributed by atoms with E-state index < -0.39 is 12.1 Å². The number of hydrogen-bond donors (Lipinski definition) is 2. The summed E-state index contributed by atoms with van der Waals surface area (Å²) in [6, 6.07) is 14.8. The van der Waals surface area contributed by atoms with Crippen molar-refractivity contribution in [1.29, 1.82) is 0 Å². The van der Waals surface area contributed by atoms with Gasteiger partial charge in [-0.1, -0.05) is 24.3 Å². The molecule has 0 saturated carbocycles. The Morgan fingerprint density at radius 2 is 1.96 bits per heavy atom. The number of fused-ring (bicyclic) bond motifs is 1. The molecule has 6 nitrogen and oxygen atoms in total. The highest BCUT2D eigenvalue weighted by atomic mass is 32.2. The van der Waals surface area contributed by atoms with Gasteiger partial charge in [-0.15, -0.1) is 11.8 Å². The second kappa shape index (κ2) is 8.62. The molecule has 0 aromatic heterocycles. The summed E-state index contributed by atoms with van der Waals surface area (Å²) in [5.74, 6) is 0.724. The number of rotatable bonds is 7. The minimum atomic E-state index is -1.01. The fourth-order valence-corrected chi connectivity index (χ4v) is 3.47. The first kappa shape index (κ1) is 18.1. The van der Waals surface area contributed by atoms with Crippen molar-refractivity contribution in [2.45, 2.75) is 17.4 Å². The summed E-state index contributed by atoms with van der Waals surface area (Å²) in [5, 5.41) is 11.5. The number of aliphatic carboxylic acids is 1. The topological polar surface area (TPSA) is 84.9 Å². The highest BCUT2D eigenvalue weighted by molar-refractivity contribution is 7.99. The van der Waals surface area contributed by atoms with Gasteiger partial charge < -0.3 is 19.9 Å². The summed E-state index contributed by atoms with van der Waals surface area (Å²) in [5.41, 5.74) is 1.03. The Bertz CT molecular complexity index is 778. The van der Waals surface area contributed by atoms with E-state index in [9.17, 15) is 9.59 Å². The van der Waals surface area contributed by atoms with Crippen LogP contribution in [0.25, 0.3) is 0 Å². The lowest BCUT2D eigenvalue weighted by Crippen LogP contribution is -2.42. The Labute approximate surface area is 155 Å². The molecule has 136 valence electrons. The molecule has 0 fully saturated rings. The zero-order valence-electron chi connectivity index (χ0n) is 14.0. The van der Waals surface area contributed by atoms with E-state index in [2.05, 4.69) is 5.32 Å². The lowest BCUT2D eigenvalue weighted by molar-refractivity contribution is -0.139. The summed E-state index contributed by atoms with van der Waals surface area (Å²) in [7, 11) is 0. The molecule has 2 aromatic carbocycles. The molecular weight excluding hydrogens is 354 g/mol. The standard InChI is InChI=1S/C19H19NO5S/c21-18(22)11-24-14-7-5-13(6-8-14)9-10-20-19(23)16-12-26-17-4-2-1-3-15(17)25-16/h1-8,16H,9-12H2,(H,20,23)(H,21,22)/t16-/m1/s1. The van der Waals surface area contributed by atoms with Crippen LogP contribution in [-0.4, -0.2) is 42.0 Å². The van der Waals surface area contributed by atoms with Gasteiger partial charge in [-0.25, -0.2) is 4.79 Å². The predicted molar refractivity (Wildman–Crippen MR) is 97.9 cm³/mol. The number of carbonyl (C=O) groups excluding carboxylic acids is 1. The van der Waals surface area contributed by atoms with E-state index in [0.717, 1.165) is 16.2 Å². The van der Waals surface area contributed by atoms with Gasteiger partial charge >= 0.3 is 5.97 Å². The van der Waals surface area contributed by atoms with Crippen LogP contribution in [0.3, 0.4) is 0 Å². The normalized spacial score (nSPS) is 15.5. The van der Waals surface area contributed by atoms with Crippen molar-refractivity contribution in [3.63, 3.8) is 0 Å². The summed E-state index contributed by atoms with van der Waals surface area (Å²) < 4.78 is 10.8. The molecule has 1 atom stereocenters. The number of para-hydroxylation sites is 1. The number of amides is 1. The molecule has 0 bridgehead atoms. The van der Waals surface area contributed by atoms with Crippen LogP contribution in [0.15, 0.2) is 53.4 Å². The van der Waals surface area contributed by atoms with Crippen molar-refractivity contribution in [3.05, 3.63) is 54.1 Å². The van der Waals surface area contributed by atoms with Crippen LogP contribution >= 0.6 is 11.8 Å². The van der Waals surface area contributed by atoms with Crippen LogP contribution in [-0.2, 0) is 16.0 Å². The molecule has 0 unspecified atom stereocenters. The Morgan fingerprint density at radius 3 is 2.73 bits per heavy atom. The maximum Gasteiger partial charge on any atom is 0.341 e. The van der Waals surface area contributed by atoms with Gasteiger partial charge in [-0.3, -0.25) is 4.79 Å². The first-order valence-corrected chi connectivity index (χ1v) is 9.20. The lowest BCUT2D eigenvalue weighted by Gasteiger charge is -2.24. The van der Waals surface area contributed by atoms with Crippen LogP contribution in [0, 0.1) is 0 Å². The predicted octanol–water partition coefficient (Wildman–Crippen LogP) is 2.36. The van der Waals surface area contributed by atoms with Crippen molar-refractivity contribution in [3.8, 4) is 11.5 Å². The quantitative estimate of drug-likeness (QED) is 0.775. The summed E-state index contributed by atoms with van der Waals surface area (Å²) in [6.07, 6.45) is 0.184. The molecule has 1 heterocycles. The number of carbonyl (C=O) groups is 2. The van der Waals surface area contributed by atoms with Crippen LogP contribution < -0.4 is 14.8 Å². The molecule has 1 aliphatic heterocycles. The summed E-state index contributed by atoms with van der Waals surface area (Å²) in [6.45, 7) is 0.137. The second-order valence-corrected chi connectivity index (χ2v) is 6.79. The maximum absolute atomic E-state index is 12.3. The van der Waals surface area contributed by atoms with Gasteiger partial charge in [0.25, 0.3) is 5.91 Å². The van der Waals surface area contributed by atoms with Crippen molar-refractivity contribution >= 4 is 23.6 Å². The van der Waals surface area contributed by atoms with Crippen LogP contribution in [0.5, 0.6) is 11.5 Å². The van der Waals surface area contributed by atoms with Gasteiger partial charge in [0.2, 0.25) is 0 Å². The number of benzene rings is 2. The fourth-order valence-electron chi connectivity index (χ4n) is 2.49. The van der Waals surface area contributed by atoms with E-state index in [-0.39, 0.29) is 12.5 Å². The van der Waals surface area contributed by atoms with Gasteiger partial charge in [-0.2, -0.15) is 0 Å². The molecule has 0 aliphatic carbocycles. The average molecular weight is 373 g/mol. The van der Waals surface area contributed by atoms with Crippen LogP contribution in [0.2, 0.25) is 0 Å². The number of ether oxygens (including phenoxy) is 2.